The Hall–Kier alpha value is -0.450. The standard InChI is InChI=1S/C12H17BrFNO/c1-8(4-9(6-15)7-16)11-5-10(13)2-3-12(11)14/h2-3,5,8-9,16H,4,6-7,15H2,1H3. The van der Waals surface area contributed by atoms with Gasteiger partial charge in [0.05, 0.1) is 0 Å². The van der Waals surface area contributed by atoms with E-state index in [9.17, 15) is 4.39 Å². The van der Waals surface area contributed by atoms with Gasteiger partial charge in [-0.15, -0.1) is 0 Å². The van der Waals surface area contributed by atoms with Crippen molar-refractivity contribution in [3.63, 3.8) is 0 Å². The van der Waals surface area contributed by atoms with E-state index in [4.69, 9.17) is 10.8 Å². The summed E-state index contributed by atoms with van der Waals surface area (Å²) in [6, 6.07) is 4.91. The highest BCUT2D eigenvalue weighted by molar-refractivity contribution is 9.10. The average Bonchev–Trinajstić information content (AvgIpc) is 2.28. The summed E-state index contributed by atoms with van der Waals surface area (Å²) >= 11 is 3.32. The fraction of sp³-hybridized carbons (Fsp3) is 0.500. The molecule has 0 bridgehead atoms. The Labute approximate surface area is 104 Å². The molecule has 0 saturated carbocycles. The molecule has 3 N–H and O–H groups in total. The van der Waals surface area contributed by atoms with Crippen LogP contribution in [-0.4, -0.2) is 18.3 Å². The molecule has 2 atom stereocenters. The number of hydrogen-bond acceptors (Lipinski definition) is 2. The van der Waals surface area contributed by atoms with E-state index >= 15 is 0 Å². The minimum absolute atomic E-state index is 0.0355. The molecular weight excluding hydrogens is 273 g/mol. The average molecular weight is 290 g/mol. The molecule has 0 saturated heterocycles. The van der Waals surface area contributed by atoms with Crippen molar-refractivity contribution < 1.29 is 9.50 Å². The summed E-state index contributed by atoms with van der Waals surface area (Å²) in [5.74, 6) is -0.115. The highest BCUT2D eigenvalue weighted by Gasteiger charge is 2.16. The topological polar surface area (TPSA) is 46.2 Å². The van der Waals surface area contributed by atoms with Gasteiger partial charge in [0.25, 0.3) is 0 Å². The molecule has 0 radical (unpaired) electrons. The lowest BCUT2D eigenvalue weighted by Crippen LogP contribution is -2.20. The predicted molar refractivity (Wildman–Crippen MR) is 66.8 cm³/mol. The van der Waals surface area contributed by atoms with Crippen molar-refractivity contribution in [1.29, 1.82) is 0 Å². The summed E-state index contributed by atoms with van der Waals surface area (Å²) in [6.45, 7) is 2.43. The predicted octanol–water partition coefficient (Wildman–Crippen LogP) is 2.65. The van der Waals surface area contributed by atoms with Gasteiger partial charge in [0.2, 0.25) is 0 Å². The van der Waals surface area contributed by atoms with Crippen molar-refractivity contribution in [2.45, 2.75) is 19.3 Å². The van der Waals surface area contributed by atoms with Gasteiger partial charge in [0, 0.05) is 11.1 Å². The van der Waals surface area contributed by atoms with Crippen LogP contribution in [0.1, 0.15) is 24.8 Å². The second-order valence-corrected chi connectivity index (χ2v) is 5.00. The maximum Gasteiger partial charge on any atom is 0.126 e. The summed E-state index contributed by atoms with van der Waals surface area (Å²) < 4.78 is 14.4. The van der Waals surface area contributed by atoms with Gasteiger partial charge >= 0.3 is 0 Å². The van der Waals surface area contributed by atoms with Crippen LogP contribution in [0.25, 0.3) is 0 Å². The number of rotatable bonds is 5. The molecule has 4 heteroatoms. The number of hydrogen-bond donors (Lipinski definition) is 2. The zero-order chi connectivity index (χ0) is 12.1. The number of benzene rings is 1. The van der Waals surface area contributed by atoms with Crippen molar-refractivity contribution >= 4 is 15.9 Å². The highest BCUT2D eigenvalue weighted by atomic mass is 79.9. The summed E-state index contributed by atoms with van der Waals surface area (Å²) in [4.78, 5) is 0. The minimum atomic E-state index is -0.204. The fourth-order valence-electron chi connectivity index (χ4n) is 1.76. The molecule has 90 valence electrons. The molecule has 1 aromatic rings. The van der Waals surface area contributed by atoms with E-state index in [1.807, 2.05) is 6.92 Å². The maximum absolute atomic E-state index is 13.6. The first-order chi connectivity index (χ1) is 7.58. The van der Waals surface area contributed by atoms with E-state index in [0.29, 0.717) is 18.5 Å². The second kappa shape index (κ2) is 6.33. The van der Waals surface area contributed by atoms with Crippen LogP contribution < -0.4 is 5.73 Å². The number of halogens is 2. The molecular formula is C12H17BrFNO. The fourth-order valence-corrected chi connectivity index (χ4v) is 2.14. The van der Waals surface area contributed by atoms with Crippen molar-refractivity contribution in [3.8, 4) is 0 Å². The van der Waals surface area contributed by atoms with Crippen molar-refractivity contribution in [2.24, 2.45) is 11.7 Å². The zero-order valence-electron chi connectivity index (χ0n) is 9.29. The Kier molecular flexibility index (Phi) is 5.38. The zero-order valence-corrected chi connectivity index (χ0v) is 10.9. The molecule has 16 heavy (non-hydrogen) atoms. The van der Waals surface area contributed by atoms with Gasteiger partial charge in [-0.2, -0.15) is 0 Å². The molecule has 0 aromatic heterocycles. The van der Waals surface area contributed by atoms with Crippen molar-refractivity contribution in [3.05, 3.63) is 34.1 Å². The Balaban J connectivity index is 2.79. The van der Waals surface area contributed by atoms with Crippen LogP contribution in [0.3, 0.4) is 0 Å². The Morgan fingerprint density at radius 2 is 2.19 bits per heavy atom. The Morgan fingerprint density at radius 1 is 1.50 bits per heavy atom. The SMILES string of the molecule is CC(CC(CN)CO)c1cc(Br)ccc1F. The van der Waals surface area contributed by atoms with Crippen LogP contribution in [0.2, 0.25) is 0 Å². The summed E-state index contributed by atoms with van der Waals surface area (Å²) in [5.41, 5.74) is 6.18. The molecule has 1 aromatic carbocycles. The van der Waals surface area contributed by atoms with E-state index in [2.05, 4.69) is 15.9 Å². The highest BCUT2D eigenvalue weighted by Crippen LogP contribution is 2.27. The van der Waals surface area contributed by atoms with E-state index in [1.165, 1.54) is 6.07 Å². The van der Waals surface area contributed by atoms with Gasteiger partial charge < -0.3 is 10.8 Å². The largest absolute Gasteiger partial charge is 0.396 e. The lowest BCUT2D eigenvalue weighted by Gasteiger charge is -2.18. The van der Waals surface area contributed by atoms with Gasteiger partial charge in [-0.3, -0.25) is 0 Å². The van der Waals surface area contributed by atoms with Gasteiger partial charge in [0.15, 0.2) is 0 Å². The van der Waals surface area contributed by atoms with Gasteiger partial charge in [-0.25, -0.2) is 4.39 Å². The first kappa shape index (κ1) is 13.6. The first-order valence-electron chi connectivity index (χ1n) is 5.34. The lowest BCUT2D eigenvalue weighted by molar-refractivity contribution is 0.216. The molecule has 0 amide bonds. The maximum atomic E-state index is 13.6. The smallest absolute Gasteiger partial charge is 0.126 e. The van der Waals surface area contributed by atoms with Crippen LogP contribution in [0.5, 0.6) is 0 Å². The van der Waals surface area contributed by atoms with Crippen LogP contribution in [0.4, 0.5) is 4.39 Å². The summed E-state index contributed by atoms with van der Waals surface area (Å²) in [7, 11) is 0. The van der Waals surface area contributed by atoms with Gasteiger partial charge in [-0.05, 0) is 48.6 Å². The van der Waals surface area contributed by atoms with E-state index in [1.54, 1.807) is 12.1 Å². The third-order valence-corrected chi connectivity index (χ3v) is 3.26. The van der Waals surface area contributed by atoms with Crippen LogP contribution in [-0.2, 0) is 0 Å². The quantitative estimate of drug-likeness (QED) is 0.875. The van der Waals surface area contributed by atoms with E-state index in [0.717, 1.165) is 4.47 Å². The molecule has 2 nitrogen and oxygen atoms in total. The minimum Gasteiger partial charge on any atom is -0.396 e. The molecule has 0 aliphatic rings. The number of aliphatic hydroxyl groups excluding tert-OH is 1. The van der Waals surface area contributed by atoms with Gasteiger partial charge in [0.1, 0.15) is 5.82 Å². The van der Waals surface area contributed by atoms with Crippen molar-refractivity contribution in [2.75, 3.05) is 13.2 Å². The lowest BCUT2D eigenvalue weighted by atomic mass is 9.90. The summed E-state index contributed by atoms with van der Waals surface area (Å²) in [6.07, 6.45) is 0.695. The molecule has 0 heterocycles. The normalized spacial score (nSPS) is 14.8. The Bertz CT molecular complexity index is 342. The number of aliphatic hydroxyl groups is 1. The van der Waals surface area contributed by atoms with E-state index in [-0.39, 0.29) is 24.3 Å². The molecule has 2 unspecified atom stereocenters. The monoisotopic (exact) mass is 289 g/mol. The molecule has 0 aliphatic carbocycles. The van der Waals surface area contributed by atoms with Crippen LogP contribution in [0, 0.1) is 11.7 Å². The van der Waals surface area contributed by atoms with Crippen LogP contribution >= 0.6 is 15.9 Å². The first-order valence-corrected chi connectivity index (χ1v) is 6.13. The van der Waals surface area contributed by atoms with Crippen LogP contribution in [0.15, 0.2) is 22.7 Å². The molecule has 0 aliphatic heterocycles. The third-order valence-electron chi connectivity index (χ3n) is 2.77. The van der Waals surface area contributed by atoms with Gasteiger partial charge in [-0.1, -0.05) is 22.9 Å². The molecule has 1 rings (SSSR count). The van der Waals surface area contributed by atoms with Crippen molar-refractivity contribution in [1.82, 2.24) is 0 Å². The second-order valence-electron chi connectivity index (χ2n) is 4.09. The Morgan fingerprint density at radius 3 is 2.75 bits per heavy atom. The third kappa shape index (κ3) is 3.54. The summed E-state index contributed by atoms with van der Waals surface area (Å²) in [5, 5.41) is 9.06. The van der Waals surface area contributed by atoms with E-state index < -0.39 is 0 Å². The molecule has 0 spiro atoms. The number of nitrogens with two attached hydrogens (primary N) is 1. The molecule has 0 fully saturated rings.